The number of aromatic amines is 1. The highest BCUT2D eigenvalue weighted by atomic mass is 19.1. The summed E-state index contributed by atoms with van der Waals surface area (Å²) in [6.45, 7) is 1.40. The Bertz CT molecular complexity index is 699. The third-order valence-corrected chi connectivity index (χ3v) is 4.75. The van der Waals surface area contributed by atoms with E-state index in [9.17, 15) is 9.18 Å². The maximum atomic E-state index is 13.2. The molecule has 2 heterocycles. The number of benzene rings is 1. The number of aliphatic hydroxyl groups is 1. The highest BCUT2D eigenvalue weighted by Gasteiger charge is 2.25. The number of carbonyl (C=O) groups is 1. The van der Waals surface area contributed by atoms with Gasteiger partial charge < -0.3 is 20.3 Å². The van der Waals surface area contributed by atoms with Crippen LogP contribution in [-0.4, -0.2) is 46.8 Å². The first-order chi connectivity index (χ1) is 11.7. The summed E-state index contributed by atoms with van der Waals surface area (Å²) in [4.78, 5) is 17.3. The van der Waals surface area contributed by atoms with E-state index in [2.05, 4.69) is 10.3 Å². The van der Waals surface area contributed by atoms with Crippen LogP contribution in [0.4, 0.5) is 9.18 Å². The lowest BCUT2D eigenvalue weighted by molar-refractivity contribution is 0.132. The van der Waals surface area contributed by atoms with Gasteiger partial charge in [0.25, 0.3) is 0 Å². The van der Waals surface area contributed by atoms with Crippen molar-refractivity contribution in [1.82, 2.24) is 15.2 Å². The molecule has 3 N–H and O–H groups in total. The van der Waals surface area contributed by atoms with Gasteiger partial charge in [-0.05, 0) is 55.9 Å². The number of nitrogens with one attached hydrogen (secondary N) is 2. The summed E-state index contributed by atoms with van der Waals surface area (Å²) in [5.41, 5.74) is 1.84. The number of fused-ring (bicyclic) bond motifs is 1. The van der Waals surface area contributed by atoms with Gasteiger partial charge in [-0.3, -0.25) is 0 Å². The predicted molar refractivity (Wildman–Crippen MR) is 91.4 cm³/mol. The van der Waals surface area contributed by atoms with Crippen molar-refractivity contribution in [3.8, 4) is 0 Å². The minimum atomic E-state index is -0.260. The summed E-state index contributed by atoms with van der Waals surface area (Å²) < 4.78 is 13.2. The molecule has 0 saturated carbocycles. The number of aliphatic hydroxyl groups excluding tert-OH is 1. The zero-order valence-electron chi connectivity index (χ0n) is 13.7. The molecule has 1 aliphatic heterocycles. The largest absolute Gasteiger partial charge is 0.396 e. The van der Waals surface area contributed by atoms with E-state index in [4.69, 9.17) is 5.11 Å². The lowest BCUT2D eigenvalue weighted by Crippen LogP contribution is -2.49. The number of aromatic nitrogens is 1. The Hall–Kier alpha value is -2.08. The molecule has 130 valence electrons. The first kappa shape index (κ1) is 16.8. The van der Waals surface area contributed by atoms with Gasteiger partial charge in [-0.25, -0.2) is 9.18 Å². The van der Waals surface area contributed by atoms with Crippen molar-refractivity contribution in [2.45, 2.75) is 38.1 Å². The number of hydrogen-bond acceptors (Lipinski definition) is 2. The van der Waals surface area contributed by atoms with Gasteiger partial charge in [-0.2, -0.15) is 0 Å². The second-order valence-corrected chi connectivity index (χ2v) is 6.34. The first-order valence-electron chi connectivity index (χ1n) is 8.60. The van der Waals surface area contributed by atoms with Crippen LogP contribution in [0.3, 0.4) is 0 Å². The van der Waals surface area contributed by atoms with Crippen molar-refractivity contribution < 1.29 is 14.3 Å². The van der Waals surface area contributed by atoms with E-state index in [0.717, 1.165) is 42.3 Å². The van der Waals surface area contributed by atoms with Gasteiger partial charge in [0.2, 0.25) is 0 Å². The molecule has 6 heteroatoms. The van der Waals surface area contributed by atoms with Crippen LogP contribution in [-0.2, 0) is 6.42 Å². The Morgan fingerprint density at radius 3 is 3.12 bits per heavy atom. The number of hydrogen-bond donors (Lipinski definition) is 3. The Morgan fingerprint density at radius 2 is 2.29 bits per heavy atom. The average molecular weight is 333 g/mol. The van der Waals surface area contributed by atoms with E-state index in [1.807, 2.05) is 11.1 Å². The minimum absolute atomic E-state index is 0.0564. The molecular formula is C18H24FN3O2. The lowest BCUT2D eigenvalue weighted by Gasteiger charge is -2.35. The van der Waals surface area contributed by atoms with Crippen molar-refractivity contribution in [3.63, 3.8) is 0 Å². The van der Waals surface area contributed by atoms with Crippen LogP contribution in [0, 0.1) is 5.82 Å². The molecular weight excluding hydrogens is 309 g/mol. The molecule has 1 aromatic carbocycles. The Balaban J connectivity index is 1.56. The van der Waals surface area contributed by atoms with Crippen LogP contribution < -0.4 is 5.32 Å². The van der Waals surface area contributed by atoms with E-state index in [0.29, 0.717) is 19.4 Å². The van der Waals surface area contributed by atoms with Gasteiger partial charge in [0, 0.05) is 42.8 Å². The van der Waals surface area contributed by atoms with E-state index in [1.165, 1.54) is 12.1 Å². The topological polar surface area (TPSA) is 68.4 Å². The average Bonchev–Trinajstić information content (AvgIpc) is 2.97. The number of rotatable bonds is 5. The molecule has 1 fully saturated rings. The van der Waals surface area contributed by atoms with Crippen LogP contribution >= 0.6 is 0 Å². The first-order valence-corrected chi connectivity index (χ1v) is 8.60. The normalized spacial score (nSPS) is 18.1. The van der Waals surface area contributed by atoms with Crippen molar-refractivity contribution in [2.75, 3.05) is 19.7 Å². The summed E-state index contributed by atoms with van der Waals surface area (Å²) in [5, 5.41) is 13.1. The maximum Gasteiger partial charge on any atom is 0.317 e. The van der Waals surface area contributed by atoms with Crippen molar-refractivity contribution >= 4 is 16.9 Å². The molecule has 5 nitrogen and oxygen atoms in total. The molecule has 2 aromatic rings. The molecule has 1 atom stereocenters. The summed E-state index contributed by atoms with van der Waals surface area (Å²) in [6.07, 6.45) is 6.29. The molecule has 1 unspecified atom stereocenters. The second kappa shape index (κ2) is 7.66. The fourth-order valence-electron chi connectivity index (χ4n) is 3.49. The molecule has 0 bridgehead atoms. The molecule has 1 aliphatic rings. The molecule has 0 radical (unpaired) electrons. The molecule has 3 rings (SSSR count). The van der Waals surface area contributed by atoms with E-state index < -0.39 is 0 Å². The van der Waals surface area contributed by atoms with E-state index >= 15 is 0 Å². The number of piperidine rings is 1. The van der Waals surface area contributed by atoms with E-state index in [1.54, 1.807) is 6.07 Å². The second-order valence-electron chi connectivity index (χ2n) is 6.34. The van der Waals surface area contributed by atoms with Gasteiger partial charge in [0.05, 0.1) is 0 Å². The number of carbonyl (C=O) groups excluding carboxylic acids is 1. The molecule has 24 heavy (non-hydrogen) atoms. The SMILES string of the molecule is O=C(NCCc1c[nH]c2cc(F)ccc12)N1CCCCC1CCO. The van der Waals surface area contributed by atoms with Gasteiger partial charge in [0.15, 0.2) is 0 Å². The summed E-state index contributed by atoms with van der Waals surface area (Å²) in [5.74, 6) is -0.260. The number of urea groups is 1. The Morgan fingerprint density at radius 1 is 1.42 bits per heavy atom. The number of amides is 2. The number of H-pyrrole nitrogens is 1. The summed E-state index contributed by atoms with van der Waals surface area (Å²) >= 11 is 0. The third-order valence-electron chi connectivity index (χ3n) is 4.75. The minimum Gasteiger partial charge on any atom is -0.396 e. The van der Waals surface area contributed by atoms with Crippen LogP contribution in [0.2, 0.25) is 0 Å². The molecule has 1 aromatic heterocycles. The van der Waals surface area contributed by atoms with Crippen molar-refractivity contribution in [1.29, 1.82) is 0 Å². The van der Waals surface area contributed by atoms with Crippen LogP contribution in [0.1, 0.15) is 31.2 Å². The summed E-state index contributed by atoms with van der Waals surface area (Å²) in [6, 6.07) is 4.77. The molecule has 2 amide bonds. The number of likely N-dealkylation sites (tertiary alicyclic amines) is 1. The fraction of sp³-hybridized carbons (Fsp3) is 0.500. The zero-order valence-corrected chi connectivity index (χ0v) is 13.7. The van der Waals surface area contributed by atoms with Gasteiger partial charge in [0.1, 0.15) is 5.82 Å². The number of nitrogens with zero attached hydrogens (tertiary/aromatic N) is 1. The van der Waals surface area contributed by atoms with Gasteiger partial charge in [-0.15, -0.1) is 0 Å². The highest BCUT2D eigenvalue weighted by Crippen LogP contribution is 2.21. The monoisotopic (exact) mass is 333 g/mol. The maximum absolute atomic E-state index is 13.2. The van der Waals surface area contributed by atoms with Gasteiger partial charge >= 0.3 is 6.03 Å². The van der Waals surface area contributed by atoms with Crippen LogP contribution in [0.5, 0.6) is 0 Å². The smallest absolute Gasteiger partial charge is 0.317 e. The number of halogens is 1. The van der Waals surface area contributed by atoms with Crippen LogP contribution in [0.25, 0.3) is 10.9 Å². The zero-order chi connectivity index (χ0) is 16.9. The predicted octanol–water partition coefficient (Wildman–Crippen LogP) is 2.80. The lowest BCUT2D eigenvalue weighted by atomic mass is 10.0. The molecule has 1 saturated heterocycles. The van der Waals surface area contributed by atoms with Crippen molar-refractivity contribution in [2.24, 2.45) is 0 Å². The van der Waals surface area contributed by atoms with E-state index in [-0.39, 0.29) is 24.5 Å². The third kappa shape index (κ3) is 3.70. The Kier molecular flexibility index (Phi) is 5.35. The molecule has 0 spiro atoms. The van der Waals surface area contributed by atoms with Crippen LogP contribution in [0.15, 0.2) is 24.4 Å². The van der Waals surface area contributed by atoms with Crippen molar-refractivity contribution in [3.05, 3.63) is 35.8 Å². The quantitative estimate of drug-likeness (QED) is 0.787. The Labute approximate surface area is 140 Å². The van der Waals surface area contributed by atoms with Gasteiger partial charge in [-0.1, -0.05) is 0 Å². The standard InChI is InChI=1S/C18H24FN3O2/c19-14-4-5-16-13(12-21-17(16)11-14)6-8-20-18(24)22-9-2-1-3-15(22)7-10-23/h4-5,11-12,15,21,23H,1-3,6-10H2,(H,20,24). The fourth-order valence-corrected chi connectivity index (χ4v) is 3.49. The molecule has 0 aliphatic carbocycles. The highest BCUT2D eigenvalue weighted by molar-refractivity contribution is 5.83. The summed E-state index contributed by atoms with van der Waals surface area (Å²) in [7, 11) is 0.